The van der Waals surface area contributed by atoms with E-state index < -0.39 is 0 Å². The van der Waals surface area contributed by atoms with Gasteiger partial charge in [-0.25, -0.2) is 15.0 Å². The van der Waals surface area contributed by atoms with E-state index in [0.29, 0.717) is 39.7 Å². The molecule has 0 spiro atoms. The lowest BCUT2D eigenvalue weighted by molar-refractivity contribution is 1.07. The van der Waals surface area contributed by atoms with Gasteiger partial charge in [0.15, 0.2) is 17.5 Å². The van der Waals surface area contributed by atoms with Crippen LogP contribution in [0, 0.1) is 22.7 Å². The van der Waals surface area contributed by atoms with Crippen LogP contribution in [-0.2, 0) is 0 Å². The van der Waals surface area contributed by atoms with Crippen LogP contribution in [0.3, 0.4) is 0 Å². The van der Waals surface area contributed by atoms with Crippen molar-refractivity contribution in [2.75, 3.05) is 19.6 Å². The number of nitrogens with zero attached hydrogens (tertiary/aromatic N) is 9. The van der Waals surface area contributed by atoms with Gasteiger partial charge in [0.05, 0.1) is 91.3 Å². The molecular weight excluding hydrogens is 907 g/mol. The third-order valence-electron chi connectivity index (χ3n) is 13.6. The van der Waals surface area contributed by atoms with E-state index in [1.54, 1.807) is 0 Å². The average Bonchev–Trinajstić information content (AvgIpc) is 3.52. The Hall–Kier alpha value is -10.6. The molecule has 9 nitrogen and oxygen atoms in total. The summed E-state index contributed by atoms with van der Waals surface area (Å²) < 4.78 is 0. The molecule has 2 aliphatic heterocycles. The molecule has 0 atom stereocenters. The molecule has 9 heteroatoms. The van der Waals surface area contributed by atoms with Gasteiger partial charge in [0.25, 0.3) is 0 Å². The van der Waals surface area contributed by atoms with Gasteiger partial charge in [0.1, 0.15) is 0 Å². The van der Waals surface area contributed by atoms with Gasteiger partial charge in [0.2, 0.25) is 0 Å². The first-order valence-corrected chi connectivity index (χ1v) is 24.3. The summed E-state index contributed by atoms with van der Waals surface area (Å²) in [6, 6.07) is 88.7. The number of anilines is 12. The van der Waals surface area contributed by atoms with Crippen LogP contribution >= 0.6 is 0 Å². The maximum absolute atomic E-state index is 11.2. The molecule has 0 amide bonds. The minimum Gasteiger partial charge on any atom is -0.306 e. The first-order chi connectivity index (χ1) is 36.7. The molecule has 0 N–H and O–H groups in total. The molecule has 1 aromatic heterocycles. The molecule has 0 fully saturated rings. The Balaban J connectivity index is 1.10. The predicted molar refractivity (Wildman–Crippen MR) is 297 cm³/mol. The first-order valence-electron chi connectivity index (χ1n) is 24.3. The van der Waals surface area contributed by atoms with Gasteiger partial charge in [-0.3, -0.25) is 0 Å². The van der Waals surface area contributed by atoms with Crippen molar-refractivity contribution in [1.29, 1.82) is 10.5 Å². The highest BCUT2D eigenvalue weighted by atomic mass is 15.3. The zero-order chi connectivity index (χ0) is 49.5. The molecule has 0 saturated heterocycles. The quantitative estimate of drug-likeness (QED) is 0.147. The largest absolute Gasteiger partial charge is 0.306 e. The smallest absolute Gasteiger partial charge is 0.167 e. The Labute approximate surface area is 428 Å². The second-order valence-corrected chi connectivity index (χ2v) is 17.8. The predicted octanol–water partition coefficient (Wildman–Crippen LogP) is 16.8. The van der Waals surface area contributed by atoms with Crippen LogP contribution in [0.5, 0.6) is 0 Å². The van der Waals surface area contributed by atoms with E-state index in [-0.39, 0.29) is 0 Å². The Bertz CT molecular complexity index is 3940. The highest BCUT2D eigenvalue weighted by Crippen LogP contribution is 2.58. The molecule has 74 heavy (non-hydrogen) atoms. The van der Waals surface area contributed by atoms with Gasteiger partial charge in [0, 0.05) is 22.5 Å². The van der Waals surface area contributed by atoms with Crippen molar-refractivity contribution in [3.05, 3.63) is 260 Å². The van der Waals surface area contributed by atoms with Crippen LogP contribution in [0.25, 0.3) is 45.3 Å². The second kappa shape index (κ2) is 18.3. The van der Waals surface area contributed by atoms with E-state index in [9.17, 15) is 10.5 Å². The normalized spacial score (nSPS) is 12.2. The summed E-state index contributed by atoms with van der Waals surface area (Å²) in [5, 5.41) is 22.0. The van der Waals surface area contributed by atoms with Crippen molar-refractivity contribution >= 4 is 68.2 Å². The number of aromatic nitrogens is 3. The summed E-state index contributed by atoms with van der Waals surface area (Å²) in [7, 11) is 0. The highest BCUT2D eigenvalue weighted by molar-refractivity contribution is 6.07. The molecule has 0 unspecified atom stereocenters. The van der Waals surface area contributed by atoms with Gasteiger partial charge in [-0.05, 0) is 103 Å². The highest BCUT2D eigenvalue weighted by Gasteiger charge is 2.35. The van der Waals surface area contributed by atoms with Gasteiger partial charge in [-0.15, -0.1) is 0 Å². The molecular formula is C65H41N9. The third-order valence-corrected chi connectivity index (χ3v) is 13.6. The Morgan fingerprint density at radius 1 is 0.257 bits per heavy atom. The fourth-order valence-corrected chi connectivity index (χ4v) is 10.5. The summed E-state index contributed by atoms with van der Waals surface area (Å²) in [5.74, 6) is 1.09. The lowest BCUT2D eigenvalue weighted by atomic mass is 9.92. The van der Waals surface area contributed by atoms with Gasteiger partial charge >= 0.3 is 0 Å². The second-order valence-electron chi connectivity index (χ2n) is 17.8. The number of rotatable bonds is 8. The molecule has 0 saturated carbocycles. The van der Waals surface area contributed by atoms with E-state index in [1.165, 1.54) is 0 Å². The maximum atomic E-state index is 11.2. The zero-order valence-corrected chi connectivity index (χ0v) is 39.7. The molecule has 10 aromatic carbocycles. The van der Waals surface area contributed by atoms with Crippen LogP contribution in [0.15, 0.2) is 249 Å². The van der Waals surface area contributed by atoms with Crippen LogP contribution < -0.4 is 19.6 Å². The van der Waals surface area contributed by atoms with Crippen LogP contribution in [0.1, 0.15) is 11.1 Å². The van der Waals surface area contributed by atoms with Crippen molar-refractivity contribution in [3.8, 4) is 57.4 Å². The maximum Gasteiger partial charge on any atom is 0.167 e. The van der Waals surface area contributed by atoms with Gasteiger partial charge < -0.3 is 19.6 Å². The molecule has 3 heterocycles. The van der Waals surface area contributed by atoms with E-state index >= 15 is 0 Å². The number of nitriles is 2. The van der Waals surface area contributed by atoms with Crippen LogP contribution in [0.2, 0.25) is 0 Å². The van der Waals surface area contributed by atoms with Crippen molar-refractivity contribution < 1.29 is 0 Å². The first kappa shape index (κ1) is 43.4. The minimum atomic E-state index is 0.311. The SMILES string of the molecule is N#Cc1ccccc1-c1cccc(N2c3ccccc3N(c3ccccc3)c3ccccc32)c1-c1nc(-c2ccccc2)nc(-c2c(C#N)cccc2N2c3ccccc3N(c3ccccc3)c3ccccc32)n1. The summed E-state index contributed by atoms with van der Waals surface area (Å²) in [5.41, 5.74) is 15.5. The fourth-order valence-electron chi connectivity index (χ4n) is 10.5. The van der Waals surface area contributed by atoms with Crippen LogP contribution in [0.4, 0.5) is 68.2 Å². The standard InChI is InChI=1S/C65H41N9/c66-42-45-24-10-11-30-49(45)50-31-21-41-60(74-57-38-18-14-34-53(57)72(48-28-8-3-9-29-48)54-35-15-19-39-58(54)74)62(50)65-69-63(44-22-4-1-5-23-44)68-64(70-65)61-46(43-67)25-20-40-59(61)73-55-36-16-12-32-51(55)71(47-26-6-2-7-27-47)52-33-13-17-37-56(52)73/h1-41H. The zero-order valence-electron chi connectivity index (χ0n) is 39.7. The molecule has 0 bridgehead atoms. The van der Waals surface area contributed by atoms with E-state index in [2.05, 4.69) is 171 Å². The number of para-hydroxylation sites is 10. The van der Waals surface area contributed by atoms with Gasteiger partial charge in [-0.1, -0.05) is 152 Å². The number of fused-ring (bicyclic) bond motifs is 4. The van der Waals surface area contributed by atoms with E-state index in [0.717, 1.165) is 84.9 Å². The molecule has 0 radical (unpaired) electrons. The summed E-state index contributed by atoms with van der Waals surface area (Å²) in [6.07, 6.45) is 0. The number of hydrogen-bond donors (Lipinski definition) is 0. The Kier molecular flexibility index (Phi) is 10.7. The lowest BCUT2D eigenvalue weighted by Crippen LogP contribution is -2.24. The monoisotopic (exact) mass is 947 g/mol. The molecule has 11 aromatic rings. The topological polar surface area (TPSA) is 99.2 Å². The number of benzene rings is 10. The van der Waals surface area contributed by atoms with Crippen LogP contribution in [-0.4, -0.2) is 15.0 Å². The minimum absolute atomic E-state index is 0.311. The summed E-state index contributed by atoms with van der Waals surface area (Å²) in [6.45, 7) is 0. The van der Waals surface area contributed by atoms with Crippen molar-refractivity contribution in [1.82, 2.24) is 15.0 Å². The summed E-state index contributed by atoms with van der Waals surface area (Å²) >= 11 is 0. The van der Waals surface area contributed by atoms with Crippen molar-refractivity contribution in [2.45, 2.75) is 0 Å². The molecule has 0 aliphatic carbocycles. The Morgan fingerprint density at radius 2 is 0.581 bits per heavy atom. The number of hydrogen-bond acceptors (Lipinski definition) is 9. The average molecular weight is 948 g/mol. The lowest BCUT2D eigenvalue weighted by Gasteiger charge is -2.41. The molecule has 346 valence electrons. The molecule has 2 aliphatic rings. The van der Waals surface area contributed by atoms with E-state index in [1.807, 2.05) is 109 Å². The van der Waals surface area contributed by atoms with Crippen molar-refractivity contribution in [3.63, 3.8) is 0 Å². The van der Waals surface area contributed by atoms with E-state index in [4.69, 9.17) is 15.0 Å². The van der Waals surface area contributed by atoms with Gasteiger partial charge in [-0.2, -0.15) is 10.5 Å². The fraction of sp³-hybridized carbons (Fsp3) is 0. The summed E-state index contributed by atoms with van der Waals surface area (Å²) in [4.78, 5) is 25.4. The molecule has 13 rings (SSSR count). The Morgan fingerprint density at radius 3 is 1.05 bits per heavy atom. The third kappa shape index (κ3) is 7.20. The van der Waals surface area contributed by atoms with Crippen molar-refractivity contribution in [2.24, 2.45) is 0 Å².